The lowest BCUT2D eigenvalue weighted by atomic mass is 9.77. The Balaban J connectivity index is 2.11. The van der Waals surface area contributed by atoms with Crippen LogP contribution < -0.4 is 9.80 Å². The molecular formula is C26H41N3O2+2. The second-order valence-electron chi connectivity index (χ2n) is 11.1. The first-order chi connectivity index (χ1) is 14.5. The van der Waals surface area contributed by atoms with Crippen LogP contribution in [0.2, 0.25) is 0 Å². The topological polar surface area (TPSA) is 62.2 Å². The standard InChI is InChI=1S/C26H39N3O2/c1-25(2,3)21-17-20(18-22(24(21)31)26(4,5)6)23(19-7-9-27-10-8-19)29-13-11-28(12-14-29)15-16-30/h7-10,17-18,23,30-31H,11-16H2,1-6H3/p+2/t23-/m0/s1. The molecule has 0 unspecified atom stereocenters. The number of benzene rings is 1. The van der Waals surface area contributed by atoms with Gasteiger partial charge in [-0.15, -0.1) is 0 Å². The molecule has 0 amide bonds. The van der Waals surface area contributed by atoms with Crippen molar-refractivity contribution in [3.8, 4) is 5.75 Å². The summed E-state index contributed by atoms with van der Waals surface area (Å²) in [4.78, 5) is 7.27. The quantitative estimate of drug-likeness (QED) is 0.581. The van der Waals surface area contributed by atoms with Crippen LogP contribution in [0.1, 0.15) is 69.8 Å². The van der Waals surface area contributed by atoms with Gasteiger partial charge in [0.25, 0.3) is 0 Å². The summed E-state index contributed by atoms with van der Waals surface area (Å²) >= 11 is 0. The SMILES string of the molecule is CC(C)(C)c1cc([C@H](c2ccncc2)[NH+]2CC[NH+](CCO)CC2)cc(C(C)(C)C)c1O. The average molecular weight is 428 g/mol. The highest BCUT2D eigenvalue weighted by atomic mass is 16.3. The molecule has 2 aromatic rings. The summed E-state index contributed by atoms with van der Waals surface area (Å²) in [5.41, 5.74) is 4.25. The van der Waals surface area contributed by atoms with Crippen molar-refractivity contribution in [3.05, 3.63) is 58.9 Å². The van der Waals surface area contributed by atoms with E-state index in [0.29, 0.717) is 5.75 Å². The Morgan fingerprint density at radius 3 is 1.84 bits per heavy atom. The van der Waals surface area contributed by atoms with E-state index in [-0.39, 0.29) is 23.5 Å². The molecule has 0 radical (unpaired) electrons. The van der Waals surface area contributed by atoms with E-state index in [1.807, 2.05) is 12.4 Å². The zero-order valence-electron chi connectivity index (χ0n) is 20.1. The van der Waals surface area contributed by atoms with Crippen molar-refractivity contribution in [2.24, 2.45) is 0 Å². The van der Waals surface area contributed by atoms with E-state index < -0.39 is 0 Å². The van der Waals surface area contributed by atoms with Gasteiger partial charge in [0.15, 0.2) is 0 Å². The first-order valence-corrected chi connectivity index (χ1v) is 11.6. The van der Waals surface area contributed by atoms with Crippen LogP contribution in [0, 0.1) is 0 Å². The number of hydrogen-bond acceptors (Lipinski definition) is 3. The minimum absolute atomic E-state index is 0.151. The van der Waals surface area contributed by atoms with Crippen molar-refractivity contribution in [2.45, 2.75) is 58.4 Å². The maximum absolute atomic E-state index is 11.2. The Morgan fingerprint density at radius 1 is 0.871 bits per heavy atom. The number of phenols is 1. The van der Waals surface area contributed by atoms with Crippen LogP contribution >= 0.6 is 0 Å². The Hall–Kier alpha value is -1.95. The lowest BCUT2D eigenvalue weighted by Gasteiger charge is -2.36. The maximum Gasteiger partial charge on any atom is 0.139 e. The van der Waals surface area contributed by atoms with Gasteiger partial charge in [-0.1, -0.05) is 41.5 Å². The van der Waals surface area contributed by atoms with E-state index in [1.165, 1.54) is 16.0 Å². The molecule has 3 rings (SSSR count). The zero-order valence-corrected chi connectivity index (χ0v) is 20.1. The molecule has 5 nitrogen and oxygen atoms in total. The number of pyridine rings is 1. The van der Waals surface area contributed by atoms with Crippen LogP contribution in [-0.4, -0.2) is 54.5 Å². The molecule has 0 bridgehead atoms. The third kappa shape index (κ3) is 5.46. The van der Waals surface area contributed by atoms with Crippen LogP contribution in [0.3, 0.4) is 0 Å². The molecule has 0 saturated carbocycles. The number of aromatic hydroxyl groups is 1. The Kier molecular flexibility index (Phi) is 7.09. The molecule has 1 aliphatic rings. The number of piperazine rings is 1. The van der Waals surface area contributed by atoms with Crippen molar-refractivity contribution in [1.29, 1.82) is 0 Å². The fraction of sp³-hybridized carbons (Fsp3) is 0.577. The fourth-order valence-electron chi connectivity index (χ4n) is 4.81. The van der Waals surface area contributed by atoms with Crippen molar-refractivity contribution in [1.82, 2.24) is 4.98 Å². The lowest BCUT2D eigenvalue weighted by Crippen LogP contribution is -3.28. The minimum atomic E-state index is -0.151. The normalized spacial score (nSPS) is 21.1. The third-order valence-corrected chi connectivity index (χ3v) is 6.59. The molecule has 1 saturated heterocycles. The summed E-state index contributed by atoms with van der Waals surface area (Å²) in [6.45, 7) is 18.3. The molecule has 1 fully saturated rings. The van der Waals surface area contributed by atoms with Gasteiger partial charge >= 0.3 is 0 Å². The summed E-state index contributed by atoms with van der Waals surface area (Å²) in [6.07, 6.45) is 3.76. The van der Waals surface area contributed by atoms with E-state index in [1.54, 1.807) is 4.90 Å². The molecule has 1 aliphatic heterocycles. The molecule has 31 heavy (non-hydrogen) atoms. The molecule has 4 N–H and O–H groups in total. The number of aliphatic hydroxyl groups excluding tert-OH is 1. The second kappa shape index (κ2) is 9.27. The Morgan fingerprint density at radius 2 is 1.39 bits per heavy atom. The highest BCUT2D eigenvalue weighted by Crippen LogP contribution is 2.41. The Labute approximate surface area is 187 Å². The number of quaternary nitrogens is 2. The van der Waals surface area contributed by atoms with Gasteiger partial charge in [0.2, 0.25) is 0 Å². The largest absolute Gasteiger partial charge is 0.507 e. The second-order valence-corrected chi connectivity index (χ2v) is 11.1. The van der Waals surface area contributed by atoms with E-state index in [9.17, 15) is 10.2 Å². The summed E-state index contributed by atoms with van der Waals surface area (Å²) in [5.74, 6) is 0.435. The number of nitrogens with one attached hydrogen (secondary N) is 2. The Bertz CT molecular complexity index is 825. The summed E-state index contributed by atoms with van der Waals surface area (Å²) in [6, 6.07) is 8.92. The average Bonchev–Trinajstić information content (AvgIpc) is 2.70. The van der Waals surface area contributed by atoms with E-state index in [4.69, 9.17) is 0 Å². The van der Waals surface area contributed by atoms with Gasteiger partial charge in [-0.05, 0) is 35.1 Å². The molecular weight excluding hydrogens is 386 g/mol. The maximum atomic E-state index is 11.2. The highest BCUT2D eigenvalue weighted by Gasteiger charge is 2.35. The van der Waals surface area contributed by atoms with Gasteiger partial charge in [-0.2, -0.15) is 0 Å². The number of aliphatic hydroxyl groups is 1. The van der Waals surface area contributed by atoms with Gasteiger partial charge in [0.1, 0.15) is 44.5 Å². The molecule has 2 heterocycles. The molecule has 0 aliphatic carbocycles. The van der Waals surface area contributed by atoms with Crippen LogP contribution in [0.15, 0.2) is 36.7 Å². The van der Waals surface area contributed by atoms with Crippen molar-refractivity contribution in [3.63, 3.8) is 0 Å². The van der Waals surface area contributed by atoms with Crippen LogP contribution in [0.25, 0.3) is 0 Å². The van der Waals surface area contributed by atoms with E-state index in [0.717, 1.165) is 43.9 Å². The van der Waals surface area contributed by atoms with Crippen LogP contribution in [0.5, 0.6) is 5.75 Å². The first-order valence-electron chi connectivity index (χ1n) is 11.6. The van der Waals surface area contributed by atoms with Crippen molar-refractivity contribution in [2.75, 3.05) is 39.3 Å². The molecule has 170 valence electrons. The predicted octanol–water partition coefficient (Wildman–Crippen LogP) is 1.25. The van der Waals surface area contributed by atoms with Gasteiger partial charge < -0.3 is 20.0 Å². The predicted molar refractivity (Wildman–Crippen MR) is 125 cm³/mol. The number of nitrogens with zero attached hydrogens (tertiary/aromatic N) is 1. The lowest BCUT2D eigenvalue weighted by molar-refractivity contribution is -1.02. The first kappa shape index (κ1) is 23.7. The summed E-state index contributed by atoms with van der Waals surface area (Å²) < 4.78 is 0. The van der Waals surface area contributed by atoms with Gasteiger partial charge in [0, 0.05) is 34.6 Å². The smallest absolute Gasteiger partial charge is 0.139 e. The van der Waals surface area contributed by atoms with E-state index in [2.05, 4.69) is 70.8 Å². The number of phenolic OH excluding ortho intramolecular Hbond substituents is 1. The summed E-state index contributed by atoms with van der Waals surface area (Å²) in [5, 5.41) is 20.5. The molecule has 1 atom stereocenters. The van der Waals surface area contributed by atoms with Crippen LogP contribution in [0.4, 0.5) is 0 Å². The minimum Gasteiger partial charge on any atom is -0.507 e. The molecule has 5 heteroatoms. The highest BCUT2D eigenvalue weighted by molar-refractivity contribution is 5.51. The molecule has 0 spiro atoms. The van der Waals surface area contributed by atoms with Gasteiger partial charge in [-0.25, -0.2) is 0 Å². The number of rotatable bonds is 5. The van der Waals surface area contributed by atoms with Gasteiger partial charge in [0.05, 0.1) is 6.61 Å². The zero-order chi connectivity index (χ0) is 22.8. The summed E-state index contributed by atoms with van der Waals surface area (Å²) in [7, 11) is 0. The van der Waals surface area contributed by atoms with Gasteiger partial charge in [-0.3, -0.25) is 4.98 Å². The number of aromatic nitrogens is 1. The fourth-order valence-corrected chi connectivity index (χ4v) is 4.81. The number of hydrogen-bond donors (Lipinski definition) is 4. The molecule has 1 aromatic carbocycles. The van der Waals surface area contributed by atoms with Crippen molar-refractivity contribution < 1.29 is 20.0 Å². The molecule has 1 aromatic heterocycles. The monoisotopic (exact) mass is 427 g/mol. The third-order valence-electron chi connectivity index (χ3n) is 6.59. The van der Waals surface area contributed by atoms with Crippen molar-refractivity contribution >= 4 is 0 Å². The van der Waals surface area contributed by atoms with Crippen LogP contribution in [-0.2, 0) is 10.8 Å². The van der Waals surface area contributed by atoms with E-state index >= 15 is 0 Å².